The Kier molecular flexibility index (Phi) is 7.13. The van der Waals surface area contributed by atoms with E-state index >= 15 is 0 Å². The molecule has 1 fully saturated rings. The molecule has 7 nitrogen and oxygen atoms in total. The van der Waals surface area contributed by atoms with Gasteiger partial charge in [-0.05, 0) is 31.2 Å². The number of benzene rings is 2. The molecule has 2 aromatic carbocycles. The van der Waals surface area contributed by atoms with Crippen LogP contribution in [0.4, 0.5) is 10.5 Å². The van der Waals surface area contributed by atoms with Gasteiger partial charge in [0.1, 0.15) is 0 Å². The van der Waals surface area contributed by atoms with Crippen LogP contribution in [0.2, 0.25) is 0 Å². The minimum atomic E-state index is -0.685. The first-order chi connectivity index (χ1) is 14.1. The Bertz CT molecular complexity index is 867. The van der Waals surface area contributed by atoms with E-state index in [1.807, 2.05) is 48.5 Å². The van der Waals surface area contributed by atoms with Crippen molar-refractivity contribution in [2.75, 3.05) is 38.1 Å². The molecule has 1 aliphatic heterocycles. The number of hydrogen-bond acceptors (Lipinski definition) is 5. The van der Waals surface area contributed by atoms with Gasteiger partial charge in [-0.2, -0.15) is 0 Å². The number of para-hydroxylation sites is 1. The van der Waals surface area contributed by atoms with Gasteiger partial charge in [-0.1, -0.05) is 42.1 Å². The van der Waals surface area contributed by atoms with E-state index < -0.39 is 17.9 Å². The number of hydrogen-bond donors (Lipinski definition) is 1. The van der Waals surface area contributed by atoms with Crippen molar-refractivity contribution in [3.8, 4) is 0 Å². The number of piperazine rings is 1. The van der Waals surface area contributed by atoms with Gasteiger partial charge in [0.2, 0.25) is 0 Å². The summed E-state index contributed by atoms with van der Waals surface area (Å²) in [5.41, 5.74) is 0.588. The number of carbonyl (C=O) groups is 3. The molecule has 0 saturated carbocycles. The van der Waals surface area contributed by atoms with Crippen LogP contribution >= 0.6 is 11.8 Å². The van der Waals surface area contributed by atoms with Gasteiger partial charge in [0, 0.05) is 36.0 Å². The van der Waals surface area contributed by atoms with Crippen molar-refractivity contribution in [1.82, 2.24) is 9.80 Å². The second kappa shape index (κ2) is 9.97. The fraction of sp³-hybridized carbons (Fsp3) is 0.286. The Hall–Kier alpha value is -3.00. The zero-order valence-corrected chi connectivity index (χ0v) is 17.0. The zero-order valence-electron chi connectivity index (χ0n) is 16.2. The lowest BCUT2D eigenvalue weighted by Crippen LogP contribution is -2.53. The van der Waals surface area contributed by atoms with Crippen LogP contribution in [0.25, 0.3) is 0 Å². The van der Waals surface area contributed by atoms with E-state index in [2.05, 4.69) is 5.32 Å². The van der Waals surface area contributed by atoms with Crippen LogP contribution in [0.3, 0.4) is 0 Å². The van der Waals surface area contributed by atoms with E-state index in [9.17, 15) is 14.4 Å². The minimum absolute atomic E-state index is 0.297. The normalized spacial score (nSPS) is 13.7. The molecule has 3 amide bonds. The Balaban J connectivity index is 1.59. The summed E-state index contributed by atoms with van der Waals surface area (Å²) in [6.07, 6.45) is -0.393. The number of rotatable bonds is 4. The molecular weight excluding hydrogens is 390 g/mol. The molecular formula is C21H23N3O4S. The molecule has 0 spiro atoms. The van der Waals surface area contributed by atoms with Gasteiger partial charge in [-0.25, -0.2) is 4.79 Å². The predicted octanol–water partition coefficient (Wildman–Crippen LogP) is 3.08. The highest BCUT2D eigenvalue weighted by Crippen LogP contribution is 2.33. The summed E-state index contributed by atoms with van der Waals surface area (Å²) in [7, 11) is 0. The molecule has 3 rings (SSSR count). The van der Waals surface area contributed by atoms with E-state index in [1.165, 1.54) is 21.6 Å². The number of nitrogens with one attached hydrogen (secondary N) is 1. The molecule has 2 aromatic rings. The second-order valence-electron chi connectivity index (χ2n) is 6.34. The van der Waals surface area contributed by atoms with Crippen LogP contribution in [0.15, 0.2) is 64.4 Å². The first kappa shape index (κ1) is 20.7. The Morgan fingerprint density at radius 1 is 0.931 bits per heavy atom. The molecule has 0 unspecified atom stereocenters. The van der Waals surface area contributed by atoms with Crippen LogP contribution in [-0.4, -0.2) is 60.5 Å². The molecule has 1 N–H and O–H groups in total. The monoisotopic (exact) mass is 413 g/mol. The highest BCUT2D eigenvalue weighted by molar-refractivity contribution is 7.99. The van der Waals surface area contributed by atoms with E-state index in [0.29, 0.717) is 38.5 Å². The second-order valence-corrected chi connectivity index (χ2v) is 7.46. The maximum absolute atomic E-state index is 12.5. The molecule has 8 heteroatoms. The Morgan fingerprint density at radius 2 is 1.55 bits per heavy atom. The average Bonchev–Trinajstić information content (AvgIpc) is 2.75. The highest BCUT2D eigenvalue weighted by Gasteiger charge is 2.28. The third-order valence-electron chi connectivity index (χ3n) is 4.39. The van der Waals surface area contributed by atoms with Crippen molar-refractivity contribution in [3.63, 3.8) is 0 Å². The van der Waals surface area contributed by atoms with Crippen molar-refractivity contribution < 1.29 is 19.1 Å². The summed E-state index contributed by atoms with van der Waals surface area (Å²) in [5, 5.41) is 2.73. The standard InChI is InChI=1S/C21H23N3O4S/c1-2-28-21(27)24-14-12-23(13-15-24)20(26)19(25)22-17-10-6-7-11-18(17)29-16-8-4-3-5-9-16/h3-11H,2,12-15H2,1H3,(H,22,25). The van der Waals surface area contributed by atoms with E-state index in [-0.39, 0.29) is 0 Å². The summed E-state index contributed by atoms with van der Waals surface area (Å²) in [5.74, 6) is -1.29. The highest BCUT2D eigenvalue weighted by atomic mass is 32.2. The van der Waals surface area contributed by atoms with Gasteiger partial charge in [0.25, 0.3) is 0 Å². The molecule has 1 saturated heterocycles. The van der Waals surface area contributed by atoms with Crippen molar-refractivity contribution in [2.45, 2.75) is 16.7 Å². The quantitative estimate of drug-likeness (QED) is 0.780. The minimum Gasteiger partial charge on any atom is -0.450 e. The molecule has 152 valence electrons. The number of nitrogens with zero attached hydrogens (tertiary/aromatic N) is 2. The summed E-state index contributed by atoms with van der Waals surface area (Å²) in [6.45, 7) is 3.34. The smallest absolute Gasteiger partial charge is 0.409 e. The molecule has 29 heavy (non-hydrogen) atoms. The SMILES string of the molecule is CCOC(=O)N1CCN(C(=O)C(=O)Nc2ccccc2Sc2ccccc2)CC1. The largest absolute Gasteiger partial charge is 0.450 e. The summed E-state index contributed by atoms with van der Waals surface area (Å²) in [4.78, 5) is 41.7. The van der Waals surface area contributed by atoms with Gasteiger partial charge in [0.15, 0.2) is 0 Å². The summed E-state index contributed by atoms with van der Waals surface area (Å²) < 4.78 is 4.97. The average molecular weight is 413 g/mol. The maximum atomic E-state index is 12.5. The van der Waals surface area contributed by atoms with Crippen molar-refractivity contribution in [2.24, 2.45) is 0 Å². The van der Waals surface area contributed by atoms with Gasteiger partial charge < -0.3 is 19.9 Å². The number of amides is 3. The topological polar surface area (TPSA) is 79.0 Å². The van der Waals surface area contributed by atoms with Gasteiger partial charge in [-0.15, -0.1) is 0 Å². The Morgan fingerprint density at radius 3 is 2.24 bits per heavy atom. The molecule has 0 bridgehead atoms. The van der Waals surface area contributed by atoms with E-state index in [4.69, 9.17) is 4.74 Å². The summed E-state index contributed by atoms with van der Waals surface area (Å²) in [6, 6.07) is 17.2. The molecule has 1 aliphatic rings. The molecule has 0 aromatic heterocycles. The number of carbonyl (C=O) groups excluding carboxylic acids is 3. The van der Waals surface area contributed by atoms with Crippen LogP contribution < -0.4 is 5.32 Å². The fourth-order valence-corrected chi connectivity index (χ4v) is 3.82. The van der Waals surface area contributed by atoms with Crippen LogP contribution in [0.5, 0.6) is 0 Å². The Labute approximate surface area is 174 Å². The van der Waals surface area contributed by atoms with Crippen LogP contribution in [0, 0.1) is 0 Å². The van der Waals surface area contributed by atoms with Crippen molar-refractivity contribution in [3.05, 3.63) is 54.6 Å². The van der Waals surface area contributed by atoms with Crippen LogP contribution in [0.1, 0.15) is 6.92 Å². The maximum Gasteiger partial charge on any atom is 0.409 e. The third kappa shape index (κ3) is 5.51. The fourth-order valence-electron chi connectivity index (χ4n) is 2.90. The van der Waals surface area contributed by atoms with Crippen molar-refractivity contribution in [1.29, 1.82) is 0 Å². The van der Waals surface area contributed by atoms with Gasteiger partial charge >= 0.3 is 17.9 Å². The molecule has 0 atom stereocenters. The van der Waals surface area contributed by atoms with Gasteiger partial charge in [-0.3, -0.25) is 9.59 Å². The molecule has 1 heterocycles. The summed E-state index contributed by atoms with van der Waals surface area (Å²) >= 11 is 1.51. The third-order valence-corrected chi connectivity index (χ3v) is 5.48. The van der Waals surface area contributed by atoms with Crippen LogP contribution in [-0.2, 0) is 14.3 Å². The lowest BCUT2D eigenvalue weighted by atomic mass is 10.3. The van der Waals surface area contributed by atoms with Crippen molar-refractivity contribution >= 4 is 35.4 Å². The van der Waals surface area contributed by atoms with E-state index in [0.717, 1.165) is 9.79 Å². The van der Waals surface area contributed by atoms with E-state index in [1.54, 1.807) is 13.0 Å². The number of anilines is 1. The lowest BCUT2D eigenvalue weighted by Gasteiger charge is -2.33. The lowest BCUT2D eigenvalue weighted by molar-refractivity contribution is -0.144. The number of ether oxygens (including phenoxy) is 1. The first-order valence-electron chi connectivity index (χ1n) is 9.42. The predicted molar refractivity (Wildman–Crippen MR) is 111 cm³/mol. The molecule has 0 aliphatic carbocycles. The molecule has 0 radical (unpaired) electrons. The van der Waals surface area contributed by atoms with Gasteiger partial charge in [0.05, 0.1) is 12.3 Å². The zero-order chi connectivity index (χ0) is 20.6. The first-order valence-corrected chi connectivity index (χ1v) is 10.2.